The third-order valence-electron chi connectivity index (χ3n) is 3.26. The van der Waals surface area contributed by atoms with Gasteiger partial charge in [0.1, 0.15) is 0 Å². The maximum atomic E-state index is 8.88. The minimum absolute atomic E-state index is 0.313. The van der Waals surface area contributed by atoms with Gasteiger partial charge in [0.25, 0.3) is 0 Å². The van der Waals surface area contributed by atoms with E-state index >= 15 is 0 Å². The fourth-order valence-corrected chi connectivity index (χ4v) is 2.19. The zero-order valence-corrected chi connectivity index (χ0v) is 11.5. The molecule has 0 aromatic rings. The van der Waals surface area contributed by atoms with Crippen molar-refractivity contribution in [3.63, 3.8) is 0 Å². The summed E-state index contributed by atoms with van der Waals surface area (Å²) in [5, 5.41) is 8.88. The van der Waals surface area contributed by atoms with Crippen molar-refractivity contribution < 1.29 is 19.3 Å². The topological polar surface area (TPSA) is 51.2 Å². The number of ether oxygens (including phenoxy) is 3. The first-order valence-electron chi connectivity index (χ1n) is 6.84. The molecule has 1 fully saturated rings. The molecule has 0 radical (unpaired) electrons. The Balaban J connectivity index is 1.84. The number of nitrogens with zero attached hydrogens (tertiary/aromatic N) is 1. The van der Waals surface area contributed by atoms with E-state index in [1.807, 2.05) is 0 Å². The van der Waals surface area contributed by atoms with Crippen molar-refractivity contribution in [2.24, 2.45) is 5.92 Å². The summed E-state index contributed by atoms with van der Waals surface area (Å²) in [5.41, 5.74) is 0. The lowest BCUT2D eigenvalue weighted by Gasteiger charge is -2.15. The molecule has 1 aliphatic rings. The lowest BCUT2D eigenvalue weighted by molar-refractivity contribution is 0.0205. The van der Waals surface area contributed by atoms with Gasteiger partial charge in [-0.3, -0.25) is 0 Å². The molecule has 18 heavy (non-hydrogen) atoms. The van der Waals surface area contributed by atoms with E-state index < -0.39 is 0 Å². The summed E-state index contributed by atoms with van der Waals surface area (Å²) in [5.74, 6) is 0.673. The Kier molecular flexibility index (Phi) is 9.42. The number of hydrogen-bond donors (Lipinski definition) is 1. The smallest absolute Gasteiger partial charge is 0.0701 e. The Morgan fingerprint density at radius 2 is 1.83 bits per heavy atom. The van der Waals surface area contributed by atoms with E-state index in [1.54, 1.807) is 7.11 Å². The van der Waals surface area contributed by atoms with Gasteiger partial charge in [0.05, 0.1) is 33.0 Å². The summed E-state index contributed by atoms with van der Waals surface area (Å²) < 4.78 is 15.7. The number of aliphatic hydroxyl groups is 1. The van der Waals surface area contributed by atoms with Crippen molar-refractivity contribution in [2.45, 2.75) is 12.8 Å². The molecular formula is C13H27NO4. The highest BCUT2D eigenvalue weighted by Gasteiger charge is 2.21. The SMILES string of the molecule is COCCOCCOCCN1CCC(CCO)C1. The molecule has 1 unspecified atom stereocenters. The Hall–Kier alpha value is -0.200. The Bertz CT molecular complexity index is 192. The van der Waals surface area contributed by atoms with Gasteiger partial charge in [-0.15, -0.1) is 0 Å². The largest absolute Gasteiger partial charge is 0.396 e. The fraction of sp³-hybridized carbons (Fsp3) is 1.00. The molecule has 1 aliphatic heterocycles. The van der Waals surface area contributed by atoms with Crippen molar-refractivity contribution in [1.82, 2.24) is 4.90 Å². The second-order valence-corrected chi connectivity index (χ2v) is 4.69. The molecule has 0 amide bonds. The lowest BCUT2D eigenvalue weighted by Crippen LogP contribution is -2.26. The van der Waals surface area contributed by atoms with Gasteiger partial charge in [-0.25, -0.2) is 0 Å². The summed E-state index contributed by atoms with van der Waals surface area (Å²) in [6.45, 7) is 6.86. The van der Waals surface area contributed by atoms with Crippen LogP contribution in [0.4, 0.5) is 0 Å². The molecule has 0 aromatic heterocycles. The third-order valence-corrected chi connectivity index (χ3v) is 3.26. The summed E-state index contributed by atoms with van der Waals surface area (Å²) >= 11 is 0. The number of rotatable bonds is 11. The van der Waals surface area contributed by atoms with Crippen LogP contribution in [0.5, 0.6) is 0 Å². The molecule has 5 heteroatoms. The van der Waals surface area contributed by atoms with Gasteiger partial charge in [-0.1, -0.05) is 0 Å². The highest BCUT2D eigenvalue weighted by Crippen LogP contribution is 2.18. The van der Waals surface area contributed by atoms with Crippen LogP contribution in [0.2, 0.25) is 0 Å². The number of likely N-dealkylation sites (tertiary alicyclic amines) is 1. The van der Waals surface area contributed by atoms with Crippen molar-refractivity contribution >= 4 is 0 Å². The van der Waals surface area contributed by atoms with Gasteiger partial charge >= 0.3 is 0 Å². The highest BCUT2D eigenvalue weighted by atomic mass is 16.5. The number of hydrogen-bond acceptors (Lipinski definition) is 5. The highest BCUT2D eigenvalue weighted by molar-refractivity contribution is 4.74. The van der Waals surface area contributed by atoms with Gasteiger partial charge in [0.15, 0.2) is 0 Å². The molecule has 0 bridgehead atoms. The molecule has 0 saturated carbocycles. The molecule has 1 rings (SSSR count). The zero-order chi connectivity index (χ0) is 13.1. The van der Waals surface area contributed by atoms with Crippen LogP contribution in [0.15, 0.2) is 0 Å². The van der Waals surface area contributed by atoms with E-state index in [4.69, 9.17) is 19.3 Å². The van der Waals surface area contributed by atoms with Crippen LogP contribution in [0, 0.1) is 5.92 Å². The summed E-state index contributed by atoms with van der Waals surface area (Å²) in [4.78, 5) is 2.41. The van der Waals surface area contributed by atoms with E-state index in [2.05, 4.69) is 4.90 Å². The molecule has 1 atom stereocenters. The third kappa shape index (κ3) is 7.28. The second-order valence-electron chi connectivity index (χ2n) is 4.69. The summed E-state index contributed by atoms with van der Waals surface area (Å²) in [6, 6.07) is 0. The zero-order valence-electron chi connectivity index (χ0n) is 11.5. The minimum atomic E-state index is 0.313. The van der Waals surface area contributed by atoms with Gasteiger partial charge in [0, 0.05) is 26.8 Å². The van der Waals surface area contributed by atoms with Crippen LogP contribution >= 0.6 is 0 Å². The van der Waals surface area contributed by atoms with Crippen molar-refractivity contribution in [3.8, 4) is 0 Å². The summed E-state index contributed by atoms with van der Waals surface area (Å²) in [7, 11) is 1.67. The van der Waals surface area contributed by atoms with Crippen LogP contribution in [-0.2, 0) is 14.2 Å². The van der Waals surface area contributed by atoms with E-state index in [0.29, 0.717) is 39.0 Å². The van der Waals surface area contributed by atoms with Crippen molar-refractivity contribution in [3.05, 3.63) is 0 Å². The molecule has 1 heterocycles. The van der Waals surface area contributed by atoms with Crippen LogP contribution in [0.3, 0.4) is 0 Å². The normalized spacial score (nSPS) is 20.7. The van der Waals surface area contributed by atoms with Gasteiger partial charge in [-0.05, 0) is 25.3 Å². The first-order valence-corrected chi connectivity index (χ1v) is 6.84. The lowest BCUT2D eigenvalue weighted by atomic mass is 10.1. The Labute approximate surface area is 110 Å². The van der Waals surface area contributed by atoms with E-state index in [1.165, 1.54) is 6.42 Å². The first kappa shape index (κ1) is 15.9. The van der Waals surface area contributed by atoms with Gasteiger partial charge in [0.2, 0.25) is 0 Å². The maximum absolute atomic E-state index is 8.88. The average molecular weight is 261 g/mol. The Morgan fingerprint density at radius 1 is 1.11 bits per heavy atom. The van der Waals surface area contributed by atoms with Gasteiger partial charge in [-0.2, -0.15) is 0 Å². The molecule has 1 N–H and O–H groups in total. The van der Waals surface area contributed by atoms with Crippen LogP contribution in [0.25, 0.3) is 0 Å². The molecule has 0 spiro atoms. The number of aliphatic hydroxyl groups excluding tert-OH is 1. The molecule has 0 aromatic carbocycles. The second kappa shape index (κ2) is 10.7. The fourth-order valence-electron chi connectivity index (χ4n) is 2.19. The predicted molar refractivity (Wildman–Crippen MR) is 69.8 cm³/mol. The molecular weight excluding hydrogens is 234 g/mol. The average Bonchev–Trinajstić information content (AvgIpc) is 2.81. The quantitative estimate of drug-likeness (QED) is 0.545. The van der Waals surface area contributed by atoms with Crippen molar-refractivity contribution in [1.29, 1.82) is 0 Å². The maximum Gasteiger partial charge on any atom is 0.0701 e. The molecule has 1 saturated heterocycles. The summed E-state index contributed by atoms with van der Waals surface area (Å²) in [6.07, 6.45) is 2.14. The van der Waals surface area contributed by atoms with E-state index in [-0.39, 0.29) is 0 Å². The van der Waals surface area contributed by atoms with Crippen molar-refractivity contribution in [2.75, 3.05) is 66.4 Å². The molecule has 5 nitrogen and oxygen atoms in total. The monoisotopic (exact) mass is 261 g/mol. The van der Waals surface area contributed by atoms with Gasteiger partial charge < -0.3 is 24.2 Å². The predicted octanol–water partition coefficient (Wildman–Crippen LogP) is 0.370. The molecule has 108 valence electrons. The Morgan fingerprint density at radius 3 is 2.56 bits per heavy atom. The number of methoxy groups -OCH3 is 1. The molecule has 0 aliphatic carbocycles. The van der Waals surface area contributed by atoms with Crippen LogP contribution in [0.1, 0.15) is 12.8 Å². The van der Waals surface area contributed by atoms with E-state index in [9.17, 15) is 0 Å². The first-order chi connectivity index (χ1) is 8.86. The van der Waals surface area contributed by atoms with Crippen LogP contribution < -0.4 is 0 Å². The van der Waals surface area contributed by atoms with Crippen LogP contribution in [-0.4, -0.2) is 76.4 Å². The minimum Gasteiger partial charge on any atom is -0.396 e. The van der Waals surface area contributed by atoms with E-state index in [0.717, 1.165) is 32.7 Å². The standard InChI is InChI=1S/C13H27NO4/c1-16-8-9-18-11-10-17-7-5-14-4-2-13(12-14)3-6-15/h13,15H,2-12H2,1H3.